The van der Waals surface area contributed by atoms with Gasteiger partial charge in [-0.25, -0.2) is 0 Å². The largest absolute Gasteiger partial charge is 0.481 e. The summed E-state index contributed by atoms with van der Waals surface area (Å²) in [4.78, 5) is 13.4. The van der Waals surface area contributed by atoms with Gasteiger partial charge in [-0.05, 0) is 38.3 Å². The van der Waals surface area contributed by atoms with Crippen molar-refractivity contribution in [1.82, 2.24) is 4.90 Å². The fourth-order valence-electron chi connectivity index (χ4n) is 2.09. The van der Waals surface area contributed by atoms with Crippen LogP contribution in [0.15, 0.2) is 0 Å². The number of carboxylic acid groups (broad SMARTS) is 1. The number of likely N-dealkylation sites (tertiary alicyclic amines) is 1. The third-order valence-corrected chi connectivity index (χ3v) is 3.17. The van der Waals surface area contributed by atoms with E-state index in [1.165, 1.54) is 0 Å². The number of hydrogen-bond acceptors (Lipinski definition) is 2. The van der Waals surface area contributed by atoms with Crippen LogP contribution in [-0.4, -0.2) is 35.6 Å². The van der Waals surface area contributed by atoms with Gasteiger partial charge in [0.15, 0.2) is 0 Å². The Bertz CT molecular complexity index is 234. The summed E-state index contributed by atoms with van der Waals surface area (Å²) in [6.07, 6.45) is 1.55. The summed E-state index contributed by atoms with van der Waals surface area (Å²) in [5, 5.41) is 9.10. The van der Waals surface area contributed by atoms with Crippen LogP contribution in [0.5, 0.6) is 0 Å². The molecule has 1 aliphatic rings. The van der Waals surface area contributed by atoms with Crippen molar-refractivity contribution in [3.63, 3.8) is 0 Å². The van der Waals surface area contributed by atoms with Crippen LogP contribution < -0.4 is 0 Å². The number of aliphatic carboxylic acids is 1. The van der Waals surface area contributed by atoms with E-state index in [2.05, 4.69) is 25.7 Å². The molecular formula is C12H23NO2. The van der Waals surface area contributed by atoms with Crippen LogP contribution in [0.4, 0.5) is 0 Å². The Morgan fingerprint density at radius 2 is 1.80 bits per heavy atom. The Balaban J connectivity index is 2.46. The number of nitrogens with zero attached hydrogens (tertiary/aromatic N) is 1. The first kappa shape index (κ1) is 12.5. The molecule has 0 radical (unpaired) electrons. The zero-order valence-corrected chi connectivity index (χ0v) is 10.3. The molecule has 1 fully saturated rings. The topological polar surface area (TPSA) is 40.5 Å². The van der Waals surface area contributed by atoms with Gasteiger partial charge in [0.2, 0.25) is 0 Å². The molecule has 0 spiro atoms. The van der Waals surface area contributed by atoms with Crippen LogP contribution in [0, 0.1) is 10.8 Å². The monoisotopic (exact) mass is 213 g/mol. The van der Waals surface area contributed by atoms with E-state index in [9.17, 15) is 4.79 Å². The Kier molecular flexibility index (Phi) is 3.44. The van der Waals surface area contributed by atoms with Crippen LogP contribution in [0.2, 0.25) is 0 Å². The second kappa shape index (κ2) is 4.12. The van der Waals surface area contributed by atoms with Crippen molar-refractivity contribution < 1.29 is 9.90 Å². The Hall–Kier alpha value is -0.570. The van der Waals surface area contributed by atoms with Crippen LogP contribution in [0.1, 0.15) is 40.5 Å². The van der Waals surface area contributed by atoms with Crippen molar-refractivity contribution in [3.05, 3.63) is 0 Å². The highest BCUT2D eigenvalue weighted by Crippen LogP contribution is 2.32. The maximum Gasteiger partial charge on any atom is 0.309 e. The molecule has 15 heavy (non-hydrogen) atoms. The zero-order chi connectivity index (χ0) is 11.7. The highest BCUT2D eigenvalue weighted by atomic mass is 16.4. The second-order valence-electron chi connectivity index (χ2n) is 6.20. The van der Waals surface area contributed by atoms with Gasteiger partial charge >= 0.3 is 5.97 Å². The molecular weight excluding hydrogens is 190 g/mol. The van der Waals surface area contributed by atoms with Crippen molar-refractivity contribution >= 4 is 5.97 Å². The molecule has 0 saturated carbocycles. The number of hydrogen-bond donors (Lipinski definition) is 1. The van der Waals surface area contributed by atoms with E-state index in [4.69, 9.17) is 5.11 Å². The maximum atomic E-state index is 11.0. The Morgan fingerprint density at radius 1 is 1.33 bits per heavy atom. The van der Waals surface area contributed by atoms with Crippen molar-refractivity contribution in [2.24, 2.45) is 10.8 Å². The lowest BCUT2D eigenvalue weighted by Gasteiger charge is -2.39. The molecule has 0 atom stereocenters. The number of carbonyl (C=O) groups is 1. The fraction of sp³-hybridized carbons (Fsp3) is 0.917. The minimum absolute atomic E-state index is 0.303. The van der Waals surface area contributed by atoms with Gasteiger partial charge < -0.3 is 10.0 Å². The summed E-state index contributed by atoms with van der Waals surface area (Å²) in [6.45, 7) is 11.4. The van der Waals surface area contributed by atoms with Crippen molar-refractivity contribution in [2.45, 2.75) is 40.5 Å². The van der Waals surface area contributed by atoms with Crippen LogP contribution in [-0.2, 0) is 4.79 Å². The molecule has 1 rings (SSSR count). The predicted octanol–water partition coefficient (Wildman–Crippen LogP) is 2.22. The highest BCUT2D eigenvalue weighted by molar-refractivity contribution is 5.74. The average molecular weight is 213 g/mol. The molecule has 1 aliphatic heterocycles. The lowest BCUT2D eigenvalue weighted by molar-refractivity contribution is -0.150. The molecule has 1 saturated heterocycles. The predicted molar refractivity (Wildman–Crippen MR) is 60.9 cm³/mol. The molecule has 1 heterocycles. The first-order valence-electron chi connectivity index (χ1n) is 5.69. The minimum Gasteiger partial charge on any atom is -0.481 e. The van der Waals surface area contributed by atoms with E-state index in [1.807, 2.05) is 6.92 Å². The minimum atomic E-state index is -0.641. The summed E-state index contributed by atoms with van der Waals surface area (Å²) in [5.74, 6) is -0.641. The fourth-order valence-corrected chi connectivity index (χ4v) is 2.09. The van der Waals surface area contributed by atoms with Crippen molar-refractivity contribution in [1.29, 1.82) is 0 Å². The summed E-state index contributed by atoms with van der Waals surface area (Å²) in [6, 6.07) is 0. The third kappa shape index (κ3) is 3.49. The van der Waals surface area contributed by atoms with E-state index in [-0.39, 0.29) is 0 Å². The van der Waals surface area contributed by atoms with Crippen LogP contribution >= 0.6 is 0 Å². The molecule has 3 heteroatoms. The molecule has 0 aromatic heterocycles. The average Bonchev–Trinajstić information content (AvgIpc) is 2.07. The van der Waals surface area contributed by atoms with Crippen LogP contribution in [0.3, 0.4) is 0 Å². The second-order valence-corrected chi connectivity index (χ2v) is 6.20. The maximum absolute atomic E-state index is 11.0. The highest BCUT2D eigenvalue weighted by Gasteiger charge is 2.37. The van der Waals surface area contributed by atoms with E-state index in [1.54, 1.807) is 0 Å². The van der Waals surface area contributed by atoms with Gasteiger partial charge in [0.25, 0.3) is 0 Å². The SMILES string of the molecule is CC(C)(C)CN1CCC(C)(C(=O)O)CC1. The van der Waals surface area contributed by atoms with Gasteiger partial charge in [0.1, 0.15) is 0 Å². The van der Waals surface area contributed by atoms with Crippen molar-refractivity contribution in [2.75, 3.05) is 19.6 Å². The Labute approximate surface area is 92.5 Å². The molecule has 0 amide bonds. The smallest absolute Gasteiger partial charge is 0.309 e. The lowest BCUT2D eigenvalue weighted by Crippen LogP contribution is -2.45. The molecule has 3 nitrogen and oxygen atoms in total. The summed E-state index contributed by atoms with van der Waals surface area (Å²) < 4.78 is 0. The molecule has 0 aromatic carbocycles. The van der Waals surface area contributed by atoms with Gasteiger partial charge in [-0.1, -0.05) is 20.8 Å². The van der Waals surface area contributed by atoms with Gasteiger partial charge in [0.05, 0.1) is 5.41 Å². The van der Waals surface area contributed by atoms with Gasteiger partial charge in [-0.2, -0.15) is 0 Å². The van der Waals surface area contributed by atoms with E-state index >= 15 is 0 Å². The number of piperidine rings is 1. The third-order valence-electron chi connectivity index (χ3n) is 3.17. The van der Waals surface area contributed by atoms with Gasteiger partial charge in [-0.15, -0.1) is 0 Å². The number of rotatable bonds is 2. The molecule has 88 valence electrons. The van der Waals surface area contributed by atoms with E-state index < -0.39 is 11.4 Å². The zero-order valence-electron chi connectivity index (χ0n) is 10.3. The standard InChI is InChI=1S/C12H23NO2/c1-11(2,3)9-13-7-5-12(4,6-8-13)10(14)15/h5-9H2,1-4H3,(H,14,15). The van der Waals surface area contributed by atoms with E-state index in [0.717, 1.165) is 32.5 Å². The quantitative estimate of drug-likeness (QED) is 0.764. The van der Waals surface area contributed by atoms with E-state index in [0.29, 0.717) is 5.41 Å². The molecule has 1 N–H and O–H groups in total. The summed E-state index contributed by atoms with van der Waals surface area (Å²) >= 11 is 0. The molecule has 0 bridgehead atoms. The molecule has 0 aromatic rings. The summed E-state index contributed by atoms with van der Waals surface area (Å²) in [5.41, 5.74) is -0.189. The van der Waals surface area contributed by atoms with Crippen molar-refractivity contribution in [3.8, 4) is 0 Å². The number of carboxylic acids is 1. The normalized spacial score (nSPS) is 22.7. The molecule has 0 aliphatic carbocycles. The summed E-state index contributed by atoms with van der Waals surface area (Å²) in [7, 11) is 0. The lowest BCUT2D eigenvalue weighted by atomic mass is 9.80. The Morgan fingerprint density at radius 3 is 2.13 bits per heavy atom. The van der Waals surface area contributed by atoms with Crippen LogP contribution in [0.25, 0.3) is 0 Å². The first-order valence-corrected chi connectivity index (χ1v) is 5.69. The molecule has 0 unspecified atom stereocenters. The first-order chi connectivity index (χ1) is 6.73. The van der Waals surface area contributed by atoms with Gasteiger partial charge in [0, 0.05) is 6.54 Å². The van der Waals surface area contributed by atoms with Gasteiger partial charge in [-0.3, -0.25) is 4.79 Å².